The highest BCUT2D eigenvalue weighted by Crippen LogP contribution is 2.41. The zero-order valence-corrected chi connectivity index (χ0v) is 7.42. The van der Waals surface area contributed by atoms with E-state index in [1.54, 1.807) is 6.26 Å². The van der Waals surface area contributed by atoms with E-state index in [1.165, 1.54) is 18.4 Å². The quantitative estimate of drug-likeness (QED) is 0.741. The molecule has 66 valence electrons. The van der Waals surface area contributed by atoms with Crippen LogP contribution in [0.4, 0.5) is 0 Å². The molecule has 1 heterocycles. The summed E-state index contributed by atoms with van der Waals surface area (Å²) < 4.78 is 5.08. The molecule has 0 aromatic carbocycles. The fraction of sp³-hybridized carbons (Fsp3) is 0.600. The summed E-state index contributed by atoms with van der Waals surface area (Å²) in [6, 6.07) is 2.09. The maximum absolute atomic E-state index is 5.08. The second-order valence-electron chi connectivity index (χ2n) is 3.56. The molecule has 0 spiro atoms. The molecule has 1 N–H and O–H groups in total. The van der Waals surface area contributed by atoms with Gasteiger partial charge in [-0.15, -0.1) is 0 Å². The Morgan fingerprint density at radius 2 is 2.50 bits per heavy atom. The summed E-state index contributed by atoms with van der Waals surface area (Å²) >= 11 is 0. The average molecular weight is 165 g/mol. The minimum Gasteiger partial charge on any atom is -0.472 e. The van der Waals surface area contributed by atoms with Crippen LogP contribution in [-0.4, -0.2) is 13.6 Å². The van der Waals surface area contributed by atoms with E-state index in [0.29, 0.717) is 0 Å². The Bertz CT molecular complexity index is 230. The Morgan fingerprint density at radius 3 is 3.00 bits per heavy atom. The van der Waals surface area contributed by atoms with Gasteiger partial charge < -0.3 is 9.73 Å². The van der Waals surface area contributed by atoms with Gasteiger partial charge in [0, 0.05) is 0 Å². The molecule has 0 radical (unpaired) electrons. The van der Waals surface area contributed by atoms with Gasteiger partial charge in [-0.2, -0.15) is 0 Å². The summed E-state index contributed by atoms with van der Waals surface area (Å²) in [5.41, 5.74) is 1.38. The summed E-state index contributed by atoms with van der Waals surface area (Å²) in [4.78, 5) is 0. The third-order valence-corrected chi connectivity index (χ3v) is 2.86. The van der Waals surface area contributed by atoms with Crippen LogP contribution in [0.25, 0.3) is 0 Å². The monoisotopic (exact) mass is 165 g/mol. The topological polar surface area (TPSA) is 25.2 Å². The van der Waals surface area contributed by atoms with Crippen molar-refractivity contribution in [2.24, 2.45) is 5.92 Å². The van der Waals surface area contributed by atoms with Crippen LogP contribution in [0, 0.1) is 5.92 Å². The molecule has 1 saturated carbocycles. The van der Waals surface area contributed by atoms with E-state index in [2.05, 4.69) is 11.4 Å². The number of hydrogen-bond donors (Lipinski definition) is 1. The molecule has 2 heteroatoms. The van der Waals surface area contributed by atoms with Crippen molar-refractivity contribution in [3.8, 4) is 0 Å². The van der Waals surface area contributed by atoms with Crippen LogP contribution in [0.1, 0.15) is 24.3 Å². The molecular formula is C10H15NO. The van der Waals surface area contributed by atoms with Gasteiger partial charge in [0.15, 0.2) is 0 Å². The highest BCUT2D eigenvalue weighted by Gasteiger charge is 2.31. The van der Waals surface area contributed by atoms with Crippen LogP contribution in [0.5, 0.6) is 0 Å². The van der Waals surface area contributed by atoms with E-state index >= 15 is 0 Å². The van der Waals surface area contributed by atoms with Crippen molar-refractivity contribution < 1.29 is 4.42 Å². The van der Waals surface area contributed by atoms with Crippen LogP contribution in [-0.2, 0) is 0 Å². The van der Waals surface area contributed by atoms with E-state index in [0.717, 1.165) is 18.4 Å². The molecule has 1 aliphatic rings. The molecule has 1 fully saturated rings. The molecule has 0 saturated heterocycles. The van der Waals surface area contributed by atoms with Gasteiger partial charge in [0.25, 0.3) is 0 Å². The number of rotatable bonds is 3. The van der Waals surface area contributed by atoms with Crippen molar-refractivity contribution in [2.45, 2.75) is 18.8 Å². The Balaban J connectivity index is 1.97. The average Bonchev–Trinajstić information content (AvgIpc) is 2.51. The van der Waals surface area contributed by atoms with Crippen molar-refractivity contribution in [1.82, 2.24) is 5.32 Å². The molecule has 1 aromatic heterocycles. The lowest BCUT2D eigenvalue weighted by atomic mass is 9.71. The van der Waals surface area contributed by atoms with Crippen LogP contribution < -0.4 is 5.32 Å². The lowest BCUT2D eigenvalue weighted by Gasteiger charge is -2.35. The fourth-order valence-corrected chi connectivity index (χ4v) is 2.00. The van der Waals surface area contributed by atoms with Gasteiger partial charge in [0.1, 0.15) is 0 Å². The first kappa shape index (κ1) is 7.87. The van der Waals surface area contributed by atoms with Crippen molar-refractivity contribution in [1.29, 1.82) is 0 Å². The standard InChI is InChI=1S/C10H15NO/c1-11-6-8-2-3-10(8)9-4-5-12-7-9/h4-5,7-8,10-11H,2-3,6H2,1H3. The smallest absolute Gasteiger partial charge is 0.0937 e. The van der Waals surface area contributed by atoms with Gasteiger partial charge >= 0.3 is 0 Å². The molecule has 0 amide bonds. The predicted molar refractivity (Wildman–Crippen MR) is 48.1 cm³/mol. The largest absolute Gasteiger partial charge is 0.472 e. The number of furan rings is 1. The second-order valence-corrected chi connectivity index (χ2v) is 3.56. The molecule has 1 aromatic rings. The molecular weight excluding hydrogens is 150 g/mol. The Morgan fingerprint density at radius 1 is 1.58 bits per heavy atom. The van der Waals surface area contributed by atoms with E-state index < -0.39 is 0 Å². The zero-order chi connectivity index (χ0) is 8.39. The molecule has 2 unspecified atom stereocenters. The normalized spacial score (nSPS) is 28.4. The Labute approximate surface area is 73.0 Å². The van der Waals surface area contributed by atoms with Gasteiger partial charge in [0.05, 0.1) is 12.5 Å². The molecule has 2 atom stereocenters. The second kappa shape index (κ2) is 3.31. The minimum absolute atomic E-state index is 0.746. The highest BCUT2D eigenvalue weighted by atomic mass is 16.3. The maximum Gasteiger partial charge on any atom is 0.0937 e. The highest BCUT2D eigenvalue weighted by molar-refractivity contribution is 5.17. The lowest BCUT2D eigenvalue weighted by molar-refractivity contribution is 0.249. The number of hydrogen-bond acceptors (Lipinski definition) is 2. The Hall–Kier alpha value is -0.760. The minimum atomic E-state index is 0.746. The van der Waals surface area contributed by atoms with Gasteiger partial charge in [0.2, 0.25) is 0 Å². The van der Waals surface area contributed by atoms with E-state index in [4.69, 9.17) is 4.42 Å². The third-order valence-electron chi connectivity index (χ3n) is 2.86. The summed E-state index contributed by atoms with van der Waals surface area (Å²) in [6.07, 6.45) is 6.33. The summed E-state index contributed by atoms with van der Waals surface area (Å²) in [7, 11) is 2.02. The van der Waals surface area contributed by atoms with Crippen molar-refractivity contribution in [3.63, 3.8) is 0 Å². The molecule has 0 aliphatic heterocycles. The predicted octanol–water partition coefficient (Wildman–Crippen LogP) is 1.99. The van der Waals surface area contributed by atoms with Gasteiger partial charge in [-0.25, -0.2) is 0 Å². The van der Waals surface area contributed by atoms with Gasteiger partial charge in [-0.05, 0) is 49.9 Å². The van der Waals surface area contributed by atoms with Crippen molar-refractivity contribution >= 4 is 0 Å². The molecule has 2 rings (SSSR count). The van der Waals surface area contributed by atoms with Crippen LogP contribution >= 0.6 is 0 Å². The van der Waals surface area contributed by atoms with E-state index in [1.807, 2.05) is 13.3 Å². The first-order valence-electron chi connectivity index (χ1n) is 4.58. The summed E-state index contributed by atoms with van der Waals surface area (Å²) in [6.45, 7) is 1.13. The molecule has 1 aliphatic carbocycles. The van der Waals surface area contributed by atoms with Crippen LogP contribution in [0.2, 0.25) is 0 Å². The van der Waals surface area contributed by atoms with E-state index in [-0.39, 0.29) is 0 Å². The first-order chi connectivity index (χ1) is 5.92. The zero-order valence-electron chi connectivity index (χ0n) is 7.42. The fourth-order valence-electron chi connectivity index (χ4n) is 2.00. The first-order valence-corrected chi connectivity index (χ1v) is 4.58. The molecule has 0 bridgehead atoms. The van der Waals surface area contributed by atoms with E-state index in [9.17, 15) is 0 Å². The summed E-state index contributed by atoms with van der Waals surface area (Å²) in [5, 5.41) is 3.23. The van der Waals surface area contributed by atoms with Crippen LogP contribution in [0.3, 0.4) is 0 Å². The van der Waals surface area contributed by atoms with Gasteiger partial charge in [-0.1, -0.05) is 0 Å². The molecule has 2 nitrogen and oxygen atoms in total. The lowest BCUT2D eigenvalue weighted by Crippen LogP contribution is -2.31. The van der Waals surface area contributed by atoms with Gasteiger partial charge in [-0.3, -0.25) is 0 Å². The van der Waals surface area contributed by atoms with Crippen LogP contribution in [0.15, 0.2) is 23.0 Å². The SMILES string of the molecule is CNCC1CCC1c1ccoc1. The van der Waals surface area contributed by atoms with Crippen molar-refractivity contribution in [3.05, 3.63) is 24.2 Å². The maximum atomic E-state index is 5.08. The Kier molecular flexibility index (Phi) is 2.17. The molecule has 12 heavy (non-hydrogen) atoms. The van der Waals surface area contributed by atoms with Crippen molar-refractivity contribution in [2.75, 3.05) is 13.6 Å². The number of nitrogens with one attached hydrogen (secondary N) is 1. The summed E-state index contributed by atoms with van der Waals surface area (Å²) in [5.74, 6) is 1.57. The third kappa shape index (κ3) is 1.27.